The first kappa shape index (κ1) is 25.1. The van der Waals surface area contributed by atoms with Crippen molar-refractivity contribution in [1.82, 2.24) is 0 Å². The maximum absolute atomic E-state index is 6.41. The molecule has 0 saturated heterocycles. The van der Waals surface area contributed by atoms with Gasteiger partial charge in [-0.3, -0.25) is 0 Å². The van der Waals surface area contributed by atoms with E-state index in [2.05, 4.69) is 146 Å². The number of fused-ring (bicyclic) bond motifs is 9. The summed E-state index contributed by atoms with van der Waals surface area (Å²) < 4.78 is 11.7. The lowest BCUT2D eigenvalue weighted by Gasteiger charge is -2.09. The Balaban J connectivity index is 1.21. The van der Waals surface area contributed by atoms with Gasteiger partial charge in [0, 0.05) is 56.7 Å². The summed E-state index contributed by atoms with van der Waals surface area (Å²) in [6.45, 7) is 0. The van der Waals surface area contributed by atoms with Gasteiger partial charge in [-0.25, -0.2) is 0 Å². The molecule has 3 aromatic heterocycles. The highest BCUT2D eigenvalue weighted by Crippen LogP contribution is 2.45. The van der Waals surface area contributed by atoms with Crippen molar-refractivity contribution in [3.8, 4) is 33.4 Å². The fraction of sp³-hybridized carbons (Fsp3) is 0. The molecule has 10 aromatic rings. The zero-order chi connectivity index (χ0) is 29.5. The van der Waals surface area contributed by atoms with Gasteiger partial charge in [0.2, 0.25) is 0 Å². The zero-order valence-corrected chi connectivity index (χ0v) is 25.7. The van der Waals surface area contributed by atoms with Crippen LogP contribution >= 0.6 is 22.7 Å². The van der Waals surface area contributed by atoms with Crippen molar-refractivity contribution in [2.45, 2.75) is 0 Å². The number of hydrogen-bond acceptors (Lipinski definition) is 3. The van der Waals surface area contributed by atoms with Crippen molar-refractivity contribution in [2.24, 2.45) is 0 Å². The molecule has 0 unspecified atom stereocenters. The van der Waals surface area contributed by atoms with Crippen LogP contribution in [0.25, 0.3) is 95.7 Å². The van der Waals surface area contributed by atoms with Gasteiger partial charge in [-0.05, 0) is 82.4 Å². The van der Waals surface area contributed by atoms with Crippen molar-refractivity contribution in [1.29, 1.82) is 0 Å². The van der Waals surface area contributed by atoms with Crippen molar-refractivity contribution in [2.75, 3.05) is 0 Å². The van der Waals surface area contributed by atoms with Crippen LogP contribution in [0.15, 0.2) is 150 Å². The lowest BCUT2D eigenvalue weighted by molar-refractivity contribution is 0.669. The van der Waals surface area contributed by atoms with Crippen LogP contribution in [-0.2, 0) is 0 Å². The molecule has 3 heteroatoms. The smallest absolute Gasteiger partial charge is 0.135 e. The number of thiophene rings is 2. The van der Waals surface area contributed by atoms with Gasteiger partial charge in [0.15, 0.2) is 0 Å². The fourth-order valence-electron chi connectivity index (χ4n) is 6.97. The minimum Gasteiger partial charge on any atom is -0.456 e. The third kappa shape index (κ3) is 3.85. The second-order valence-corrected chi connectivity index (χ2v) is 13.8. The van der Waals surface area contributed by atoms with E-state index in [-0.39, 0.29) is 0 Å². The summed E-state index contributed by atoms with van der Waals surface area (Å²) in [5.74, 6) is 0. The van der Waals surface area contributed by atoms with Crippen molar-refractivity contribution >= 4 is 85.0 Å². The van der Waals surface area contributed by atoms with Crippen molar-refractivity contribution in [3.05, 3.63) is 146 Å². The monoisotopic (exact) mass is 608 g/mol. The summed E-state index contributed by atoms with van der Waals surface area (Å²) in [4.78, 5) is 0. The first-order valence-electron chi connectivity index (χ1n) is 15.2. The molecular formula is C42H24OS2. The van der Waals surface area contributed by atoms with Gasteiger partial charge in [0.05, 0.1) is 0 Å². The van der Waals surface area contributed by atoms with Gasteiger partial charge in [-0.1, -0.05) is 91.0 Å². The number of furan rings is 1. The van der Waals surface area contributed by atoms with Gasteiger partial charge in [0.25, 0.3) is 0 Å². The molecule has 3 heterocycles. The topological polar surface area (TPSA) is 13.1 Å². The molecule has 0 spiro atoms. The minimum absolute atomic E-state index is 0.914. The molecule has 1 nitrogen and oxygen atoms in total. The summed E-state index contributed by atoms with van der Waals surface area (Å²) in [7, 11) is 0. The van der Waals surface area contributed by atoms with E-state index in [1.807, 2.05) is 22.7 Å². The van der Waals surface area contributed by atoms with Crippen molar-refractivity contribution < 1.29 is 4.42 Å². The Morgan fingerprint density at radius 3 is 1.76 bits per heavy atom. The van der Waals surface area contributed by atoms with Crippen molar-refractivity contribution in [3.63, 3.8) is 0 Å². The molecule has 10 rings (SSSR count). The highest BCUT2D eigenvalue weighted by atomic mass is 32.1. The Kier molecular flexibility index (Phi) is 5.39. The van der Waals surface area contributed by atoms with Gasteiger partial charge < -0.3 is 4.42 Å². The van der Waals surface area contributed by atoms with E-state index >= 15 is 0 Å². The molecule has 0 aliphatic carbocycles. The molecule has 0 fully saturated rings. The molecule has 0 N–H and O–H groups in total. The van der Waals surface area contributed by atoms with Gasteiger partial charge in [0.1, 0.15) is 11.2 Å². The van der Waals surface area contributed by atoms with E-state index < -0.39 is 0 Å². The predicted octanol–water partition coefficient (Wildman–Crippen LogP) is 13.3. The third-order valence-corrected chi connectivity index (χ3v) is 11.4. The Morgan fingerprint density at radius 1 is 0.356 bits per heavy atom. The summed E-state index contributed by atoms with van der Waals surface area (Å²) in [6.07, 6.45) is 0. The van der Waals surface area contributed by atoms with E-state index in [1.165, 1.54) is 73.7 Å². The Morgan fingerprint density at radius 2 is 0.978 bits per heavy atom. The van der Waals surface area contributed by atoms with Gasteiger partial charge in [-0.2, -0.15) is 0 Å². The Bertz CT molecular complexity index is 2760. The second kappa shape index (κ2) is 9.64. The van der Waals surface area contributed by atoms with Gasteiger partial charge in [-0.15, -0.1) is 22.7 Å². The van der Waals surface area contributed by atoms with E-state index in [9.17, 15) is 0 Å². The van der Waals surface area contributed by atoms with Crippen LogP contribution in [0, 0.1) is 0 Å². The van der Waals surface area contributed by atoms with Crippen LogP contribution in [0.3, 0.4) is 0 Å². The molecule has 210 valence electrons. The second-order valence-electron chi connectivity index (χ2n) is 11.7. The van der Waals surface area contributed by atoms with Crippen LogP contribution in [0.1, 0.15) is 0 Å². The van der Waals surface area contributed by atoms with Crippen LogP contribution in [0.5, 0.6) is 0 Å². The molecule has 7 aromatic carbocycles. The number of rotatable bonds is 3. The molecule has 0 bridgehead atoms. The fourth-order valence-corrected chi connectivity index (χ4v) is 9.32. The average molecular weight is 609 g/mol. The normalized spacial score (nSPS) is 12.0. The maximum atomic E-state index is 6.41. The standard InChI is InChI=1S/C42H24OS2/c1-2-9-25(10-3-1)28-23-32(42-35(24-28)30-11-4-6-14-38(30)45-42)27-18-20-37-34(22-27)33-21-26(17-19-36(33)43-37)29-13-8-16-40-41(29)31-12-5-7-15-39(31)44-40/h1-24H. The minimum atomic E-state index is 0.914. The first-order valence-corrected chi connectivity index (χ1v) is 16.8. The summed E-state index contributed by atoms with van der Waals surface area (Å²) in [5.41, 5.74) is 9.23. The van der Waals surface area contributed by atoms with Crippen LogP contribution in [-0.4, -0.2) is 0 Å². The quantitative estimate of drug-likeness (QED) is 0.194. The Hall–Kier alpha value is -5.22. The molecule has 0 amide bonds. The largest absolute Gasteiger partial charge is 0.456 e. The summed E-state index contributed by atoms with van der Waals surface area (Å²) in [6, 6.07) is 53.0. The van der Waals surface area contributed by atoms with E-state index in [1.54, 1.807) is 0 Å². The predicted molar refractivity (Wildman–Crippen MR) is 196 cm³/mol. The average Bonchev–Trinajstić information content (AvgIpc) is 3.79. The summed E-state index contributed by atoms with van der Waals surface area (Å²) >= 11 is 3.74. The van der Waals surface area contributed by atoms with Gasteiger partial charge >= 0.3 is 0 Å². The number of hydrogen-bond donors (Lipinski definition) is 0. The SMILES string of the molecule is c1ccc(-c2cc(-c3ccc4oc5ccc(-c6cccc7sc8ccccc8c67)cc5c4c3)c3sc4ccccc4c3c2)cc1. The highest BCUT2D eigenvalue weighted by molar-refractivity contribution is 7.26. The molecular weight excluding hydrogens is 585 g/mol. The first-order chi connectivity index (χ1) is 22.3. The van der Waals surface area contributed by atoms with E-state index in [0.717, 1.165) is 21.9 Å². The van der Waals surface area contributed by atoms with E-state index in [4.69, 9.17) is 4.42 Å². The maximum Gasteiger partial charge on any atom is 0.135 e. The lowest BCUT2D eigenvalue weighted by atomic mass is 9.94. The van der Waals surface area contributed by atoms with E-state index in [0.29, 0.717) is 0 Å². The molecule has 0 aliphatic rings. The molecule has 0 aliphatic heterocycles. The van der Waals surface area contributed by atoms with Crippen LogP contribution < -0.4 is 0 Å². The number of benzene rings is 7. The lowest BCUT2D eigenvalue weighted by Crippen LogP contribution is -1.83. The molecule has 45 heavy (non-hydrogen) atoms. The third-order valence-electron chi connectivity index (χ3n) is 9.08. The molecule has 0 atom stereocenters. The van der Waals surface area contributed by atoms with Crippen LogP contribution in [0.4, 0.5) is 0 Å². The zero-order valence-electron chi connectivity index (χ0n) is 24.1. The molecule has 0 radical (unpaired) electrons. The van der Waals surface area contributed by atoms with Crippen LogP contribution in [0.2, 0.25) is 0 Å². The Labute approximate surface area is 267 Å². The highest BCUT2D eigenvalue weighted by Gasteiger charge is 2.17. The molecule has 0 saturated carbocycles. The summed E-state index contributed by atoms with van der Waals surface area (Å²) in [5, 5.41) is 7.56.